The Morgan fingerprint density at radius 1 is 1.06 bits per heavy atom. The number of nitrogens with zero attached hydrogens (tertiary/aromatic N) is 1. The molecule has 0 bridgehead atoms. The van der Waals surface area contributed by atoms with Gasteiger partial charge in [-0.1, -0.05) is 41.4 Å². The lowest BCUT2D eigenvalue weighted by molar-refractivity contribution is 0.626. The maximum absolute atomic E-state index is 13.3. The standard InChI is InChI=1S/C13H9Cl2FN2/c14-11-6-5-10(7-12(11)15)18-17-8-9-3-1-2-4-13(9)16/h1-8,18H. The fourth-order valence-corrected chi connectivity index (χ4v) is 1.62. The zero-order valence-corrected chi connectivity index (χ0v) is 10.7. The van der Waals surface area contributed by atoms with Crippen molar-refractivity contribution < 1.29 is 4.39 Å². The van der Waals surface area contributed by atoms with E-state index < -0.39 is 0 Å². The molecule has 0 aliphatic heterocycles. The Kier molecular flexibility index (Phi) is 4.18. The smallest absolute Gasteiger partial charge is 0.132 e. The first kappa shape index (κ1) is 12.9. The lowest BCUT2D eigenvalue weighted by atomic mass is 10.2. The minimum Gasteiger partial charge on any atom is -0.278 e. The van der Waals surface area contributed by atoms with Crippen molar-refractivity contribution in [2.75, 3.05) is 5.43 Å². The highest BCUT2D eigenvalue weighted by Gasteiger charge is 1.98. The summed E-state index contributed by atoms with van der Waals surface area (Å²) in [6.07, 6.45) is 1.40. The lowest BCUT2D eigenvalue weighted by Gasteiger charge is -2.02. The molecule has 0 saturated heterocycles. The Bertz CT molecular complexity index is 585. The number of hydrogen-bond donors (Lipinski definition) is 1. The SMILES string of the molecule is Fc1ccccc1C=NNc1ccc(Cl)c(Cl)c1. The molecular weight excluding hydrogens is 274 g/mol. The summed E-state index contributed by atoms with van der Waals surface area (Å²) in [5.41, 5.74) is 3.83. The van der Waals surface area contributed by atoms with Gasteiger partial charge in [0.1, 0.15) is 5.82 Å². The molecular formula is C13H9Cl2FN2. The van der Waals surface area contributed by atoms with Crippen molar-refractivity contribution in [1.82, 2.24) is 0 Å². The summed E-state index contributed by atoms with van der Waals surface area (Å²) in [5, 5.41) is 4.83. The summed E-state index contributed by atoms with van der Waals surface area (Å²) >= 11 is 11.6. The minimum absolute atomic E-state index is 0.322. The molecule has 0 aromatic heterocycles. The second-order valence-corrected chi connectivity index (χ2v) is 4.33. The predicted molar refractivity (Wildman–Crippen MR) is 74.1 cm³/mol. The molecule has 18 heavy (non-hydrogen) atoms. The van der Waals surface area contributed by atoms with Crippen molar-refractivity contribution >= 4 is 35.1 Å². The normalized spacial score (nSPS) is 10.8. The van der Waals surface area contributed by atoms with Gasteiger partial charge in [0.2, 0.25) is 0 Å². The molecule has 92 valence electrons. The lowest BCUT2D eigenvalue weighted by Crippen LogP contribution is -1.92. The van der Waals surface area contributed by atoms with Gasteiger partial charge in [0.15, 0.2) is 0 Å². The van der Waals surface area contributed by atoms with Gasteiger partial charge in [-0.25, -0.2) is 4.39 Å². The van der Waals surface area contributed by atoms with Crippen LogP contribution in [0, 0.1) is 5.82 Å². The van der Waals surface area contributed by atoms with E-state index in [1.54, 1.807) is 36.4 Å². The molecule has 0 atom stereocenters. The Balaban J connectivity index is 2.07. The first-order chi connectivity index (χ1) is 8.66. The van der Waals surface area contributed by atoms with Crippen LogP contribution in [-0.4, -0.2) is 6.21 Å². The summed E-state index contributed by atoms with van der Waals surface area (Å²) in [7, 11) is 0. The first-order valence-electron chi connectivity index (χ1n) is 5.15. The molecule has 2 aromatic carbocycles. The van der Waals surface area contributed by atoms with Gasteiger partial charge in [-0.15, -0.1) is 0 Å². The zero-order chi connectivity index (χ0) is 13.0. The van der Waals surface area contributed by atoms with E-state index in [2.05, 4.69) is 10.5 Å². The van der Waals surface area contributed by atoms with E-state index in [9.17, 15) is 4.39 Å². The Hall–Kier alpha value is -1.58. The van der Waals surface area contributed by atoms with Crippen LogP contribution in [0.4, 0.5) is 10.1 Å². The fraction of sp³-hybridized carbons (Fsp3) is 0. The molecule has 0 aliphatic rings. The average molecular weight is 283 g/mol. The van der Waals surface area contributed by atoms with E-state index in [0.29, 0.717) is 21.3 Å². The van der Waals surface area contributed by atoms with Crippen LogP contribution in [0.25, 0.3) is 0 Å². The number of hydrogen-bond acceptors (Lipinski definition) is 2. The monoisotopic (exact) mass is 282 g/mol. The van der Waals surface area contributed by atoms with Crippen LogP contribution in [0.3, 0.4) is 0 Å². The number of hydrazone groups is 1. The van der Waals surface area contributed by atoms with Crippen molar-refractivity contribution in [2.45, 2.75) is 0 Å². The van der Waals surface area contributed by atoms with Crippen molar-refractivity contribution in [3.8, 4) is 0 Å². The van der Waals surface area contributed by atoms with E-state index in [-0.39, 0.29) is 5.82 Å². The van der Waals surface area contributed by atoms with Crippen LogP contribution < -0.4 is 5.43 Å². The van der Waals surface area contributed by atoms with Crippen LogP contribution >= 0.6 is 23.2 Å². The number of halogens is 3. The van der Waals surface area contributed by atoms with Crippen molar-refractivity contribution in [1.29, 1.82) is 0 Å². The van der Waals surface area contributed by atoms with Crippen LogP contribution in [-0.2, 0) is 0 Å². The average Bonchev–Trinajstić information content (AvgIpc) is 2.36. The fourth-order valence-electron chi connectivity index (χ4n) is 1.32. The maximum Gasteiger partial charge on any atom is 0.132 e. The van der Waals surface area contributed by atoms with Gasteiger partial charge in [-0.3, -0.25) is 5.43 Å². The molecule has 2 aromatic rings. The van der Waals surface area contributed by atoms with Gasteiger partial charge in [0.25, 0.3) is 0 Å². The molecule has 0 radical (unpaired) electrons. The zero-order valence-electron chi connectivity index (χ0n) is 9.20. The van der Waals surface area contributed by atoms with Crippen LogP contribution in [0.15, 0.2) is 47.6 Å². The van der Waals surface area contributed by atoms with Gasteiger partial charge >= 0.3 is 0 Å². The second kappa shape index (κ2) is 5.85. The number of anilines is 1. The molecule has 0 saturated carbocycles. The van der Waals surface area contributed by atoms with E-state index in [0.717, 1.165) is 0 Å². The molecule has 0 spiro atoms. The highest BCUT2D eigenvalue weighted by molar-refractivity contribution is 6.42. The van der Waals surface area contributed by atoms with Gasteiger partial charge in [0, 0.05) is 5.56 Å². The Morgan fingerprint density at radius 2 is 1.83 bits per heavy atom. The molecule has 0 amide bonds. The van der Waals surface area contributed by atoms with E-state index in [4.69, 9.17) is 23.2 Å². The third-order valence-electron chi connectivity index (χ3n) is 2.22. The van der Waals surface area contributed by atoms with Crippen molar-refractivity contribution in [3.05, 3.63) is 63.9 Å². The molecule has 2 rings (SSSR count). The molecule has 0 heterocycles. The van der Waals surface area contributed by atoms with Gasteiger partial charge in [-0.2, -0.15) is 5.10 Å². The third-order valence-corrected chi connectivity index (χ3v) is 2.96. The van der Waals surface area contributed by atoms with E-state index >= 15 is 0 Å². The number of rotatable bonds is 3. The summed E-state index contributed by atoms with van der Waals surface area (Å²) in [6.45, 7) is 0. The van der Waals surface area contributed by atoms with E-state index in [1.807, 2.05) is 0 Å². The highest BCUT2D eigenvalue weighted by Crippen LogP contribution is 2.24. The quantitative estimate of drug-likeness (QED) is 0.647. The molecule has 0 fully saturated rings. The predicted octanol–water partition coefficient (Wildman–Crippen LogP) is 4.58. The number of benzene rings is 2. The minimum atomic E-state index is -0.322. The maximum atomic E-state index is 13.3. The molecule has 5 heteroatoms. The van der Waals surface area contributed by atoms with Gasteiger partial charge < -0.3 is 0 Å². The largest absolute Gasteiger partial charge is 0.278 e. The van der Waals surface area contributed by atoms with Gasteiger partial charge in [0.05, 0.1) is 21.9 Å². The topological polar surface area (TPSA) is 24.4 Å². The van der Waals surface area contributed by atoms with Gasteiger partial charge in [-0.05, 0) is 24.3 Å². The molecule has 0 aliphatic carbocycles. The first-order valence-corrected chi connectivity index (χ1v) is 5.91. The Labute approximate surface area is 114 Å². The number of nitrogens with one attached hydrogen (secondary N) is 1. The molecule has 1 N–H and O–H groups in total. The third kappa shape index (κ3) is 3.22. The van der Waals surface area contributed by atoms with Crippen molar-refractivity contribution in [2.24, 2.45) is 5.10 Å². The van der Waals surface area contributed by atoms with Crippen LogP contribution in [0.2, 0.25) is 10.0 Å². The van der Waals surface area contributed by atoms with Crippen LogP contribution in [0.1, 0.15) is 5.56 Å². The summed E-state index contributed by atoms with van der Waals surface area (Å²) in [4.78, 5) is 0. The Morgan fingerprint density at radius 3 is 2.56 bits per heavy atom. The summed E-state index contributed by atoms with van der Waals surface area (Å²) < 4.78 is 13.3. The van der Waals surface area contributed by atoms with Crippen molar-refractivity contribution in [3.63, 3.8) is 0 Å². The highest BCUT2D eigenvalue weighted by atomic mass is 35.5. The second-order valence-electron chi connectivity index (χ2n) is 3.52. The molecule has 0 unspecified atom stereocenters. The summed E-state index contributed by atoms with van der Waals surface area (Å²) in [5.74, 6) is -0.322. The van der Waals surface area contributed by atoms with Crippen LogP contribution in [0.5, 0.6) is 0 Å². The van der Waals surface area contributed by atoms with E-state index in [1.165, 1.54) is 12.3 Å². The molecule has 2 nitrogen and oxygen atoms in total. The summed E-state index contributed by atoms with van der Waals surface area (Å²) in [6, 6.07) is 11.4.